The summed E-state index contributed by atoms with van der Waals surface area (Å²) in [6, 6.07) is 0. The third-order valence-corrected chi connectivity index (χ3v) is 7.47. The second-order valence-electron chi connectivity index (χ2n) is 10.2. The molecule has 2 rings (SSSR count). The molecule has 31 heavy (non-hydrogen) atoms. The summed E-state index contributed by atoms with van der Waals surface area (Å²) in [6.45, 7) is 2.29. The van der Waals surface area contributed by atoms with Gasteiger partial charge in [-0.2, -0.15) is 0 Å². The van der Waals surface area contributed by atoms with Gasteiger partial charge in [-0.25, -0.2) is 0 Å². The molecule has 2 unspecified atom stereocenters. The summed E-state index contributed by atoms with van der Waals surface area (Å²) in [5, 5.41) is 8.70. The zero-order valence-corrected chi connectivity index (χ0v) is 20.5. The molecule has 0 saturated carbocycles. The van der Waals surface area contributed by atoms with E-state index >= 15 is 0 Å². The Balaban J connectivity index is 1.39. The van der Waals surface area contributed by atoms with Gasteiger partial charge >= 0.3 is 5.97 Å². The van der Waals surface area contributed by atoms with E-state index in [9.17, 15) is 4.79 Å². The van der Waals surface area contributed by atoms with E-state index in [1.54, 1.807) is 11.1 Å². The first-order chi connectivity index (χ1) is 15.2. The molecule has 178 valence electrons. The highest BCUT2D eigenvalue weighted by molar-refractivity contribution is 5.66. The molecule has 0 aromatic carbocycles. The van der Waals surface area contributed by atoms with Crippen LogP contribution in [0.25, 0.3) is 0 Å². The molecule has 0 saturated heterocycles. The van der Waals surface area contributed by atoms with E-state index in [0.29, 0.717) is 6.42 Å². The zero-order chi connectivity index (χ0) is 22.2. The number of unbranched alkanes of at least 4 members (excludes halogenated alkanes) is 15. The van der Waals surface area contributed by atoms with Gasteiger partial charge in [0.1, 0.15) is 0 Å². The van der Waals surface area contributed by atoms with Crippen molar-refractivity contribution >= 4 is 5.97 Å². The molecule has 1 N–H and O–H groups in total. The number of aliphatic carboxylic acids is 1. The van der Waals surface area contributed by atoms with Crippen LogP contribution < -0.4 is 0 Å². The van der Waals surface area contributed by atoms with Crippen LogP contribution in [0.2, 0.25) is 0 Å². The molecule has 2 atom stereocenters. The maximum atomic E-state index is 10.6. The molecule has 0 aromatic rings. The van der Waals surface area contributed by atoms with Gasteiger partial charge in [0.05, 0.1) is 0 Å². The first kappa shape index (κ1) is 26.2. The number of carboxylic acids is 1. The molecule has 0 aromatic heterocycles. The SMILES string of the molecule is CCCCCCCCCCCCCCCC1=CC2CC1C=C2CCCCCCC(=O)O. The Morgan fingerprint density at radius 2 is 1.06 bits per heavy atom. The summed E-state index contributed by atoms with van der Waals surface area (Å²) in [5.41, 5.74) is 3.41. The first-order valence-electron chi connectivity index (χ1n) is 13.8. The van der Waals surface area contributed by atoms with Gasteiger partial charge in [-0.1, -0.05) is 120 Å². The highest BCUT2D eigenvalue weighted by Crippen LogP contribution is 2.46. The standard InChI is InChI=1S/C29H50O2/c1-2-3-4-5-6-7-8-9-10-11-12-13-16-19-25-22-28-24-27(25)23-26(28)20-17-14-15-18-21-29(30)31/h22-23,27-28H,2-21,24H2,1H3,(H,30,31). The highest BCUT2D eigenvalue weighted by atomic mass is 16.4. The lowest BCUT2D eigenvalue weighted by molar-refractivity contribution is -0.137. The Morgan fingerprint density at radius 1 is 0.677 bits per heavy atom. The Morgan fingerprint density at radius 3 is 1.45 bits per heavy atom. The van der Waals surface area contributed by atoms with E-state index in [2.05, 4.69) is 19.1 Å². The summed E-state index contributed by atoms with van der Waals surface area (Å²) >= 11 is 0. The van der Waals surface area contributed by atoms with Gasteiger partial charge in [-0.15, -0.1) is 0 Å². The van der Waals surface area contributed by atoms with E-state index in [0.717, 1.165) is 24.7 Å². The predicted octanol–water partition coefficient (Wildman–Crippen LogP) is 9.40. The van der Waals surface area contributed by atoms with Crippen molar-refractivity contribution in [3.05, 3.63) is 23.3 Å². The molecule has 2 heteroatoms. The zero-order valence-electron chi connectivity index (χ0n) is 20.5. The Bertz CT molecular complexity index is 545. The predicted molar refractivity (Wildman–Crippen MR) is 133 cm³/mol. The topological polar surface area (TPSA) is 37.3 Å². The number of fused-ring (bicyclic) bond motifs is 2. The molecular formula is C29H50O2. The van der Waals surface area contributed by atoms with Gasteiger partial charge in [0.25, 0.3) is 0 Å². The number of allylic oxidation sites excluding steroid dienone is 4. The third-order valence-electron chi connectivity index (χ3n) is 7.47. The second kappa shape index (κ2) is 16.6. The molecule has 0 heterocycles. The van der Waals surface area contributed by atoms with E-state index in [-0.39, 0.29) is 0 Å². The van der Waals surface area contributed by atoms with E-state index < -0.39 is 5.97 Å². The van der Waals surface area contributed by atoms with E-state index in [1.165, 1.54) is 116 Å². The molecular weight excluding hydrogens is 380 g/mol. The van der Waals surface area contributed by atoms with Crippen molar-refractivity contribution in [1.82, 2.24) is 0 Å². The fraction of sp³-hybridized carbons (Fsp3) is 0.828. The van der Waals surface area contributed by atoms with Crippen molar-refractivity contribution in [3.63, 3.8) is 0 Å². The van der Waals surface area contributed by atoms with Crippen molar-refractivity contribution in [3.8, 4) is 0 Å². The van der Waals surface area contributed by atoms with Crippen LogP contribution in [0, 0.1) is 11.8 Å². The minimum atomic E-state index is -0.656. The summed E-state index contributed by atoms with van der Waals surface area (Å²) < 4.78 is 0. The maximum absolute atomic E-state index is 10.6. The van der Waals surface area contributed by atoms with Crippen LogP contribution in [0.15, 0.2) is 23.3 Å². The first-order valence-corrected chi connectivity index (χ1v) is 13.8. The number of hydrogen-bond donors (Lipinski definition) is 1. The average Bonchev–Trinajstić information content (AvgIpc) is 3.34. The van der Waals surface area contributed by atoms with Gasteiger partial charge in [-0.3, -0.25) is 4.79 Å². The van der Waals surface area contributed by atoms with Crippen LogP contribution >= 0.6 is 0 Å². The molecule has 2 bridgehead atoms. The van der Waals surface area contributed by atoms with Crippen LogP contribution in [0.3, 0.4) is 0 Å². The maximum Gasteiger partial charge on any atom is 0.303 e. The summed E-state index contributed by atoms with van der Waals surface area (Å²) in [6.07, 6.45) is 32.4. The largest absolute Gasteiger partial charge is 0.481 e. The van der Waals surface area contributed by atoms with Gasteiger partial charge < -0.3 is 5.11 Å². The average molecular weight is 431 g/mol. The molecule has 0 amide bonds. The molecule has 0 aliphatic heterocycles. The molecule has 0 spiro atoms. The normalized spacial score (nSPS) is 19.6. The molecule has 2 aliphatic carbocycles. The van der Waals surface area contributed by atoms with Crippen molar-refractivity contribution in [2.75, 3.05) is 0 Å². The lowest BCUT2D eigenvalue weighted by Gasteiger charge is -2.14. The lowest BCUT2D eigenvalue weighted by atomic mass is 9.92. The highest BCUT2D eigenvalue weighted by Gasteiger charge is 2.32. The van der Waals surface area contributed by atoms with Crippen LogP contribution in [0.1, 0.15) is 142 Å². The molecule has 0 radical (unpaired) electrons. The lowest BCUT2D eigenvalue weighted by Crippen LogP contribution is -1.98. The Kier molecular flexibility index (Phi) is 14.0. The fourth-order valence-electron chi connectivity index (χ4n) is 5.53. The second-order valence-corrected chi connectivity index (χ2v) is 10.2. The van der Waals surface area contributed by atoms with E-state index in [1.807, 2.05) is 0 Å². The van der Waals surface area contributed by atoms with Gasteiger partial charge in [0.15, 0.2) is 0 Å². The monoisotopic (exact) mass is 430 g/mol. The quantitative estimate of drug-likeness (QED) is 0.145. The number of rotatable bonds is 21. The van der Waals surface area contributed by atoms with E-state index in [4.69, 9.17) is 5.11 Å². The van der Waals surface area contributed by atoms with Crippen molar-refractivity contribution < 1.29 is 9.90 Å². The van der Waals surface area contributed by atoms with Crippen LogP contribution in [0.5, 0.6) is 0 Å². The van der Waals surface area contributed by atoms with Crippen LogP contribution in [-0.4, -0.2) is 11.1 Å². The van der Waals surface area contributed by atoms with Gasteiger partial charge in [-0.05, 0) is 50.4 Å². The van der Waals surface area contributed by atoms with Crippen LogP contribution in [0.4, 0.5) is 0 Å². The Hall–Kier alpha value is -1.05. The number of carbonyl (C=O) groups is 1. The smallest absolute Gasteiger partial charge is 0.303 e. The van der Waals surface area contributed by atoms with Crippen molar-refractivity contribution in [2.45, 2.75) is 142 Å². The Labute approximate surface area is 193 Å². The summed E-state index contributed by atoms with van der Waals surface area (Å²) in [5.74, 6) is 0.835. The fourth-order valence-corrected chi connectivity index (χ4v) is 5.53. The summed E-state index contributed by atoms with van der Waals surface area (Å²) in [4.78, 5) is 10.6. The molecule has 0 fully saturated rings. The minimum Gasteiger partial charge on any atom is -0.481 e. The molecule has 2 aliphatic rings. The van der Waals surface area contributed by atoms with Crippen LogP contribution in [-0.2, 0) is 4.79 Å². The minimum absolute atomic E-state index is 0.332. The number of hydrogen-bond acceptors (Lipinski definition) is 1. The number of carboxylic acid groups (broad SMARTS) is 1. The summed E-state index contributed by atoms with van der Waals surface area (Å²) in [7, 11) is 0. The van der Waals surface area contributed by atoms with Gasteiger partial charge in [0.2, 0.25) is 0 Å². The third kappa shape index (κ3) is 11.4. The van der Waals surface area contributed by atoms with Crippen molar-refractivity contribution in [2.24, 2.45) is 11.8 Å². The van der Waals surface area contributed by atoms with Gasteiger partial charge in [0, 0.05) is 6.42 Å². The van der Waals surface area contributed by atoms with Crippen molar-refractivity contribution in [1.29, 1.82) is 0 Å². The molecule has 2 nitrogen and oxygen atoms in total.